The second-order valence-electron chi connectivity index (χ2n) is 8.26. The predicted molar refractivity (Wildman–Crippen MR) is 101 cm³/mol. The molecule has 28 heavy (non-hydrogen) atoms. The first-order chi connectivity index (χ1) is 12.7. The summed E-state index contributed by atoms with van der Waals surface area (Å²) in [7, 11) is 1.30. The largest absolute Gasteiger partial charge is 0.444 e. The molecule has 0 fully saturated rings. The molecule has 9 nitrogen and oxygen atoms in total. The summed E-state index contributed by atoms with van der Waals surface area (Å²) in [6.45, 7) is 8.42. The number of fused-ring (bicyclic) bond motifs is 1. The van der Waals surface area contributed by atoms with Crippen molar-refractivity contribution in [1.29, 1.82) is 0 Å². The van der Waals surface area contributed by atoms with E-state index in [1.807, 2.05) is 0 Å². The number of amides is 1. The second-order valence-corrected chi connectivity index (χ2v) is 8.26. The highest BCUT2D eigenvalue weighted by Crippen LogP contribution is 2.40. The SMILES string of the molecule is BC1(O)Cc2ncc(-c3c(C)noc3C)cc2C(O)(O)N1C(=O)OC(C)(C)C. The fourth-order valence-corrected chi connectivity index (χ4v) is 3.44. The van der Waals surface area contributed by atoms with Gasteiger partial charge in [-0.2, -0.15) is 0 Å². The van der Waals surface area contributed by atoms with E-state index in [0.29, 0.717) is 27.5 Å². The van der Waals surface area contributed by atoms with Gasteiger partial charge in [0.2, 0.25) is 0 Å². The van der Waals surface area contributed by atoms with Gasteiger partial charge in [0.05, 0.1) is 17.0 Å². The predicted octanol–water partition coefficient (Wildman–Crippen LogP) is 0.521. The van der Waals surface area contributed by atoms with Gasteiger partial charge in [-0.05, 0) is 40.7 Å². The Morgan fingerprint density at radius 3 is 2.50 bits per heavy atom. The Hall–Kier alpha value is -2.43. The number of hydrogen-bond donors (Lipinski definition) is 3. The standard InChI is InChI=1S/C18H24BN3O6/c1-9-14(10(2)28-21-9)11-6-12-13(20-8-11)7-17(19,24)22(18(12,25)26)15(23)27-16(3,4)5/h6,8,24-26H,7,19H2,1-5H3. The molecule has 10 heteroatoms. The normalized spacial score (nSPS) is 21.4. The minimum absolute atomic E-state index is 0.0256. The second kappa shape index (κ2) is 6.30. The van der Waals surface area contributed by atoms with Crippen LogP contribution in [0.3, 0.4) is 0 Å². The van der Waals surface area contributed by atoms with Crippen LogP contribution in [0.2, 0.25) is 0 Å². The van der Waals surface area contributed by atoms with Crippen LogP contribution >= 0.6 is 0 Å². The first-order valence-corrected chi connectivity index (χ1v) is 8.87. The van der Waals surface area contributed by atoms with Crippen molar-refractivity contribution < 1.29 is 29.4 Å². The van der Waals surface area contributed by atoms with Crippen LogP contribution in [-0.4, -0.2) is 55.5 Å². The Balaban J connectivity index is 2.12. The van der Waals surface area contributed by atoms with E-state index in [1.54, 1.807) is 40.8 Å². The van der Waals surface area contributed by atoms with Crippen LogP contribution in [0.4, 0.5) is 4.79 Å². The zero-order chi connectivity index (χ0) is 21.1. The third-order valence-corrected chi connectivity index (χ3v) is 4.53. The molecule has 2 aromatic heterocycles. The van der Waals surface area contributed by atoms with Gasteiger partial charge >= 0.3 is 6.09 Å². The fraction of sp³-hybridized carbons (Fsp3) is 0.500. The number of pyridine rings is 1. The summed E-state index contributed by atoms with van der Waals surface area (Å²) < 4.78 is 10.4. The van der Waals surface area contributed by atoms with E-state index in [0.717, 1.165) is 0 Å². The molecule has 0 bridgehead atoms. The third-order valence-electron chi connectivity index (χ3n) is 4.53. The third kappa shape index (κ3) is 3.39. The zero-order valence-corrected chi connectivity index (χ0v) is 16.8. The number of aryl methyl sites for hydroxylation is 2. The highest BCUT2D eigenvalue weighted by Gasteiger charge is 2.54. The Bertz CT molecular complexity index is 912. The first kappa shape index (κ1) is 20.3. The molecule has 150 valence electrons. The summed E-state index contributed by atoms with van der Waals surface area (Å²) in [6, 6.07) is 1.50. The van der Waals surface area contributed by atoms with Crippen LogP contribution < -0.4 is 0 Å². The Kier molecular flexibility index (Phi) is 4.57. The lowest BCUT2D eigenvalue weighted by Crippen LogP contribution is -2.66. The molecule has 1 unspecified atom stereocenters. The Morgan fingerprint density at radius 1 is 1.32 bits per heavy atom. The lowest BCUT2D eigenvalue weighted by molar-refractivity contribution is -0.310. The van der Waals surface area contributed by atoms with Gasteiger partial charge in [0, 0.05) is 23.7 Å². The lowest BCUT2D eigenvalue weighted by atomic mass is 9.79. The molecule has 1 amide bonds. The molecule has 3 N–H and O–H groups in total. The van der Waals surface area contributed by atoms with E-state index in [9.17, 15) is 20.1 Å². The number of aliphatic hydroxyl groups is 3. The number of aromatic nitrogens is 2. The molecular formula is C18H24BN3O6. The van der Waals surface area contributed by atoms with Gasteiger partial charge in [0.15, 0.2) is 7.85 Å². The monoisotopic (exact) mass is 389 g/mol. The van der Waals surface area contributed by atoms with Crippen molar-refractivity contribution in [2.75, 3.05) is 0 Å². The van der Waals surface area contributed by atoms with Crippen LogP contribution in [0, 0.1) is 13.8 Å². The quantitative estimate of drug-likeness (QED) is 0.476. The van der Waals surface area contributed by atoms with Crippen molar-refractivity contribution in [3.8, 4) is 11.1 Å². The summed E-state index contributed by atoms with van der Waals surface area (Å²) in [6.07, 6.45) is 0.378. The highest BCUT2D eigenvalue weighted by molar-refractivity contribution is 6.15. The first-order valence-electron chi connectivity index (χ1n) is 8.87. The molecule has 0 radical (unpaired) electrons. The molecular weight excluding hydrogens is 365 g/mol. The summed E-state index contributed by atoms with van der Waals surface area (Å²) >= 11 is 0. The van der Waals surface area contributed by atoms with Crippen molar-refractivity contribution in [2.24, 2.45) is 0 Å². The van der Waals surface area contributed by atoms with Gasteiger partial charge in [-0.15, -0.1) is 0 Å². The number of rotatable bonds is 1. The molecule has 0 aromatic carbocycles. The summed E-state index contributed by atoms with van der Waals surface area (Å²) in [5.74, 6) is -2.28. The Labute approximate surface area is 163 Å². The molecule has 3 heterocycles. The molecule has 1 aliphatic rings. The summed E-state index contributed by atoms with van der Waals surface area (Å²) in [5.41, 5.74) is -0.739. The molecule has 3 rings (SSSR count). The van der Waals surface area contributed by atoms with Crippen molar-refractivity contribution in [3.05, 3.63) is 35.0 Å². The molecule has 2 aromatic rings. The van der Waals surface area contributed by atoms with Crippen LogP contribution in [0.15, 0.2) is 16.8 Å². The van der Waals surface area contributed by atoms with E-state index in [4.69, 9.17) is 9.26 Å². The van der Waals surface area contributed by atoms with Crippen LogP contribution in [0.1, 0.15) is 43.5 Å². The Morgan fingerprint density at radius 2 is 1.96 bits per heavy atom. The number of hydrogen-bond acceptors (Lipinski definition) is 8. The van der Waals surface area contributed by atoms with E-state index in [2.05, 4.69) is 10.1 Å². The smallest absolute Gasteiger partial charge is 0.416 e. The maximum atomic E-state index is 12.7. The van der Waals surface area contributed by atoms with Crippen molar-refractivity contribution in [3.63, 3.8) is 0 Å². The van der Waals surface area contributed by atoms with E-state index in [1.165, 1.54) is 13.9 Å². The lowest BCUT2D eigenvalue weighted by Gasteiger charge is -2.48. The van der Waals surface area contributed by atoms with Crippen LogP contribution in [-0.2, 0) is 17.1 Å². The summed E-state index contributed by atoms with van der Waals surface area (Å²) in [5, 5.41) is 36.4. The maximum Gasteiger partial charge on any atom is 0.416 e. The topological polar surface area (TPSA) is 129 Å². The van der Waals surface area contributed by atoms with Crippen molar-refractivity contribution in [2.45, 2.75) is 58.2 Å². The van der Waals surface area contributed by atoms with Crippen molar-refractivity contribution >= 4 is 13.9 Å². The van der Waals surface area contributed by atoms with Gasteiger partial charge in [-0.3, -0.25) is 4.98 Å². The molecule has 0 saturated carbocycles. The minimum Gasteiger partial charge on any atom is -0.444 e. The fourth-order valence-electron chi connectivity index (χ4n) is 3.44. The number of carbonyl (C=O) groups is 1. The van der Waals surface area contributed by atoms with Crippen LogP contribution in [0.5, 0.6) is 0 Å². The van der Waals surface area contributed by atoms with Gasteiger partial charge in [0.1, 0.15) is 17.0 Å². The molecule has 0 spiro atoms. The van der Waals surface area contributed by atoms with Gasteiger partial charge in [-0.25, -0.2) is 9.69 Å². The number of ether oxygens (including phenoxy) is 1. The number of nitrogens with zero attached hydrogens (tertiary/aromatic N) is 3. The zero-order valence-electron chi connectivity index (χ0n) is 16.8. The average Bonchev–Trinajstić information content (AvgIpc) is 2.83. The van der Waals surface area contributed by atoms with Gasteiger partial charge in [0.25, 0.3) is 5.91 Å². The summed E-state index contributed by atoms with van der Waals surface area (Å²) in [4.78, 5) is 17.5. The molecule has 1 aliphatic heterocycles. The minimum atomic E-state index is -2.83. The van der Waals surface area contributed by atoms with Crippen LogP contribution in [0.25, 0.3) is 11.1 Å². The average molecular weight is 389 g/mol. The van der Waals surface area contributed by atoms with Crippen molar-refractivity contribution in [1.82, 2.24) is 15.0 Å². The van der Waals surface area contributed by atoms with E-state index in [-0.39, 0.29) is 17.7 Å². The number of carbonyl (C=O) groups excluding carboxylic acids is 1. The van der Waals surface area contributed by atoms with Gasteiger partial charge < -0.3 is 24.6 Å². The highest BCUT2D eigenvalue weighted by atomic mass is 16.6. The van der Waals surface area contributed by atoms with E-state index < -0.39 is 23.2 Å². The molecule has 0 aliphatic carbocycles. The van der Waals surface area contributed by atoms with E-state index >= 15 is 0 Å². The van der Waals surface area contributed by atoms with Gasteiger partial charge in [-0.1, -0.05) is 5.16 Å². The molecule has 1 atom stereocenters. The molecule has 0 saturated heterocycles. The maximum absolute atomic E-state index is 12.7.